The highest BCUT2D eigenvalue weighted by Crippen LogP contribution is 2.14. The second kappa shape index (κ2) is 12.1. The molecule has 9 heteroatoms. The lowest BCUT2D eigenvalue weighted by molar-refractivity contribution is 0.0186. The van der Waals surface area contributed by atoms with E-state index in [4.69, 9.17) is 19.9 Å². The number of carbonyl (C=O) groups is 1. The summed E-state index contributed by atoms with van der Waals surface area (Å²) in [4.78, 5) is 20.3. The molecule has 1 aliphatic rings. The predicted molar refractivity (Wildman–Crippen MR) is 124 cm³/mol. The molecule has 1 aliphatic heterocycles. The van der Waals surface area contributed by atoms with Crippen molar-refractivity contribution in [2.24, 2.45) is 10.7 Å². The monoisotopic (exact) mass is 520 g/mol. The molecule has 0 saturated carbocycles. The second-order valence-corrected chi connectivity index (χ2v) is 7.61. The first-order valence-corrected chi connectivity index (χ1v) is 9.52. The molecular weight excluding hydrogens is 487 g/mol. The summed E-state index contributed by atoms with van der Waals surface area (Å²) in [6.07, 6.45) is -0.282. The van der Waals surface area contributed by atoms with Crippen molar-refractivity contribution in [3.05, 3.63) is 29.8 Å². The minimum Gasteiger partial charge on any atom is -0.491 e. The summed E-state index contributed by atoms with van der Waals surface area (Å²) >= 11 is 0. The topological polar surface area (TPSA) is 89.6 Å². The lowest BCUT2D eigenvalue weighted by Crippen LogP contribution is -2.53. The highest BCUT2D eigenvalue weighted by atomic mass is 127. The van der Waals surface area contributed by atoms with Gasteiger partial charge in [-0.1, -0.05) is 12.1 Å². The maximum Gasteiger partial charge on any atom is 0.410 e. The van der Waals surface area contributed by atoms with Crippen molar-refractivity contribution in [3.63, 3.8) is 0 Å². The number of rotatable bonds is 6. The van der Waals surface area contributed by atoms with E-state index in [-0.39, 0.29) is 30.1 Å². The number of piperazine rings is 1. The molecule has 0 aliphatic carbocycles. The van der Waals surface area contributed by atoms with Crippen LogP contribution in [0.25, 0.3) is 0 Å². The van der Waals surface area contributed by atoms with Crippen LogP contribution in [0.5, 0.6) is 5.75 Å². The van der Waals surface area contributed by atoms with Crippen LogP contribution in [-0.2, 0) is 16.0 Å². The van der Waals surface area contributed by atoms with Crippen LogP contribution in [0.1, 0.15) is 26.3 Å². The first-order valence-electron chi connectivity index (χ1n) is 9.52. The molecule has 1 saturated heterocycles. The Morgan fingerprint density at radius 1 is 1.07 bits per heavy atom. The molecule has 0 spiro atoms. The van der Waals surface area contributed by atoms with E-state index in [2.05, 4.69) is 4.99 Å². The Hall–Kier alpha value is -1.75. The summed E-state index contributed by atoms with van der Waals surface area (Å²) in [5.41, 5.74) is 6.70. The van der Waals surface area contributed by atoms with Crippen molar-refractivity contribution in [1.82, 2.24) is 9.80 Å². The van der Waals surface area contributed by atoms with E-state index in [1.165, 1.54) is 0 Å². The Balaban J connectivity index is 0.00000420. The van der Waals surface area contributed by atoms with Crippen LogP contribution >= 0.6 is 24.0 Å². The summed E-state index contributed by atoms with van der Waals surface area (Å²) in [5, 5.41) is 0. The van der Waals surface area contributed by atoms with E-state index < -0.39 is 5.60 Å². The van der Waals surface area contributed by atoms with Gasteiger partial charge in [-0.15, -0.1) is 24.0 Å². The van der Waals surface area contributed by atoms with Gasteiger partial charge >= 0.3 is 6.09 Å². The number of hydrogen-bond donors (Lipinski definition) is 1. The summed E-state index contributed by atoms with van der Waals surface area (Å²) in [6.45, 7) is 9.59. The van der Waals surface area contributed by atoms with Gasteiger partial charge in [-0.05, 0) is 38.5 Å². The Bertz CT molecular complexity index is 653. The highest BCUT2D eigenvalue weighted by Gasteiger charge is 2.26. The first kappa shape index (κ1) is 25.3. The SMILES string of the molecule is COCCOc1ccc(CN=C(N)N2CCN(C(=O)OC(C)(C)C)CC2)cc1.I. The zero-order valence-electron chi connectivity index (χ0n) is 17.7. The number of nitrogens with two attached hydrogens (primary N) is 1. The summed E-state index contributed by atoms with van der Waals surface area (Å²) < 4.78 is 15.9. The molecule has 2 rings (SSSR count). The standard InChI is InChI=1S/C20H32N4O4.HI/c1-20(2,3)28-19(25)24-11-9-23(10-12-24)18(21)22-15-16-5-7-17(8-6-16)27-14-13-26-4;/h5-8H,9-15H2,1-4H3,(H2,21,22);1H. The van der Waals surface area contributed by atoms with Crippen molar-refractivity contribution in [1.29, 1.82) is 0 Å². The molecule has 0 bridgehead atoms. The number of aliphatic imine (C=N–C) groups is 1. The average molecular weight is 520 g/mol. The third-order valence-electron chi connectivity index (χ3n) is 4.16. The van der Waals surface area contributed by atoms with Crippen LogP contribution in [0.15, 0.2) is 29.3 Å². The molecular formula is C20H33IN4O4. The van der Waals surface area contributed by atoms with Gasteiger partial charge in [0, 0.05) is 33.3 Å². The maximum atomic E-state index is 12.1. The van der Waals surface area contributed by atoms with E-state index in [0.29, 0.717) is 51.9 Å². The van der Waals surface area contributed by atoms with Crippen LogP contribution in [0.2, 0.25) is 0 Å². The predicted octanol–water partition coefficient (Wildman–Crippen LogP) is 2.70. The number of ether oxygens (including phenoxy) is 3. The number of guanidine groups is 1. The maximum absolute atomic E-state index is 12.1. The molecule has 29 heavy (non-hydrogen) atoms. The van der Waals surface area contributed by atoms with Gasteiger partial charge in [0.05, 0.1) is 13.2 Å². The fraction of sp³-hybridized carbons (Fsp3) is 0.600. The largest absolute Gasteiger partial charge is 0.491 e. The fourth-order valence-electron chi connectivity index (χ4n) is 2.65. The number of carbonyl (C=O) groups excluding carboxylic acids is 1. The van der Waals surface area contributed by atoms with Gasteiger partial charge in [-0.3, -0.25) is 0 Å². The van der Waals surface area contributed by atoms with Gasteiger partial charge < -0.3 is 29.7 Å². The van der Waals surface area contributed by atoms with Crippen LogP contribution in [0.4, 0.5) is 4.79 Å². The number of methoxy groups -OCH3 is 1. The van der Waals surface area contributed by atoms with E-state index >= 15 is 0 Å². The van der Waals surface area contributed by atoms with E-state index in [1.807, 2.05) is 49.9 Å². The van der Waals surface area contributed by atoms with Crippen molar-refractivity contribution in [2.45, 2.75) is 32.9 Å². The van der Waals surface area contributed by atoms with Gasteiger partial charge in [0.25, 0.3) is 0 Å². The lowest BCUT2D eigenvalue weighted by Gasteiger charge is -2.36. The molecule has 0 radical (unpaired) electrons. The first-order chi connectivity index (χ1) is 13.3. The zero-order chi connectivity index (χ0) is 20.6. The fourth-order valence-corrected chi connectivity index (χ4v) is 2.65. The zero-order valence-corrected chi connectivity index (χ0v) is 20.0. The lowest BCUT2D eigenvalue weighted by atomic mass is 10.2. The van der Waals surface area contributed by atoms with Crippen LogP contribution < -0.4 is 10.5 Å². The van der Waals surface area contributed by atoms with Gasteiger partial charge in [0.15, 0.2) is 5.96 Å². The summed E-state index contributed by atoms with van der Waals surface area (Å²) in [6, 6.07) is 7.77. The number of nitrogens with zero attached hydrogens (tertiary/aromatic N) is 3. The Kier molecular flexibility index (Phi) is 10.5. The third kappa shape index (κ3) is 9.07. The molecule has 1 aromatic carbocycles. The van der Waals surface area contributed by atoms with Crippen LogP contribution in [0, 0.1) is 0 Å². The molecule has 2 N–H and O–H groups in total. The molecule has 0 aromatic heterocycles. The quantitative estimate of drug-likeness (QED) is 0.269. The van der Waals surface area contributed by atoms with E-state index in [9.17, 15) is 4.79 Å². The molecule has 1 amide bonds. The normalized spacial score (nSPS) is 15.0. The van der Waals surface area contributed by atoms with Gasteiger partial charge in [-0.2, -0.15) is 0 Å². The molecule has 8 nitrogen and oxygen atoms in total. The smallest absolute Gasteiger partial charge is 0.410 e. The minimum absolute atomic E-state index is 0. The third-order valence-corrected chi connectivity index (χ3v) is 4.16. The molecule has 0 unspecified atom stereocenters. The van der Waals surface area contributed by atoms with Crippen molar-refractivity contribution in [3.8, 4) is 5.75 Å². The Morgan fingerprint density at radius 3 is 2.21 bits per heavy atom. The molecule has 164 valence electrons. The van der Waals surface area contributed by atoms with Gasteiger partial charge in [0.2, 0.25) is 0 Å². The average Bonchev–Trinajstić information content (AvgIpc) is 2.66. The van der Waals surface area contributed by atoms with Gasteiger partial charge in [-0.25, -0.2) is 9.79 Å². The Labute approximate surface area is 190 Å². The van der Waals surface area contributed by atoms with E-state index in [0.717, 1.165) is 11.3 Å². The number of amides is 1. The minimum atomic E-state index is -0.487. The van der Waals surface area contributed by atoms with Crippen LogP contribution in [0.3, 0.4) is 0 Å². The second-order valence-electron chi connectivity index (χ2n) is 7.61. The van der Waals surface area contributed by atoms with Crippen molar-refractivity contribution in [2.75, 3.05) is 46.5 Å². The Morgan fingerprint density at radius 2 is 1.66 bits per heavy atom. The summed E-state index contributed by atoms with van der Waals surface area (Å²) in [5.74, 6) is 1.29. The van der Waals surface area contributed by atoms with Gasteiger partial charge in [0.1, 0.15) is 18.0 Å². The highest BCUT2D eigenvalue weighted by molar-refractivity contribution is 14.0. The van der Waals surface area contributed by atoms with Crippen LogP contribution in [-0.4, -0.2) is 74.0 Å². The van der Waals surface area contributed by atoms with E-state index in [1.54, 1.807) is 12.0 Å². The van der Waals surface area contributed by atoms with Crippen molar-refractivity contribution >= 4 is 36.0 Å². The molecule has 1 heterocycles. The molecule has 1 fully saturated rings. The number of hydrogen-bond acceptors (Lipinski definition) is 5. The number of halogens is 1. The molecule has 0 atom stereocenters. The number of benzene rings is 1. The summed E-state index contributed by atoms with van der Waals surface area (Å²) in [7, 11) is 1.65. The van der Waals surface area contributed by atoms with Crippen molar-refractivity contribution < 1.29 is 19.0 Å². The molecule has 1 aromatic rings.